The topological polar surface area (TPSA) is 38.1 Å². The molecule has 0 amide bonds. The largest absolute Gasteiger partial charge is 0.396 e. The van der Waals surface area contributed by atoms with Crippen LogP contribution >= 0.6 is 0 Å². The second kappa shape index (κ2) is 4.97. The third-order valence-electron chi connectivity index (χ3n) is 3.76. The summed E-state index contributed by atoms with van der Waals surface area (Å²) in [5.41, 5.74) is 3.39. The summed E-state index contributed by atoms with van der Waals surface area (Å²) in [4.78, 5) is 4.78. The highest BCUT2D eigenvalue weighted by atomic mass is 16.3. The molecule has 1 heterocycles. The van der Waals surface area contributed by atoms with E-state index in [9.17, 15) is 5.11 Å². The van der Waals surface area contributed by atoms with Gasteiger partial charge in [-0.25, -0.2) is 4.98 Å². The van der Waals surface area contributed by atoms with Gasteiger partial charge in [0.15, 0.2) is 0 Å². The van der Waals surface area contributed by atoms with E-state index in [2.05, 4.69) is 57.5 Å². The van der Waals surface area contributed by atoms with Crippen molar-refractivity contribution in [2.24, 2.45) is 7.05 Å². The van der Waals surface area contributed by atoms with Crippen LogP contribution < -0.4 is 0 Å². The molecule has 1 aromatic heterocycles. The highest BCUT2D eigenvalue weighted by Crippen LogP contribution is 2.28. The van der Waals surface area contributed by atoms with E-state index < -0.39 is 0 Å². The lowest BCUT2D eigenvalue weighted by atomic mass is 9.96. The van der Waals surface area contributed by atoms with Gasteiger partial charge in [0, 0.05) is 25.0 Å². The molecule has 0 aliphatic rings. The fourth-order valence-corrected chi connectivity index (χ4v) is 2.61. The molecule has 3 heteroatoms. The quantitative estimate of drug-likeness (QED) is 0.919. The van der Waals surface area contributed by atoms with Gasteiger partial charge in [-0.1, -0.05) is 33.8 Å². The normalized spacial score (nSPS) is 14.0. The summed E-state index contributed by atoms with van der Waals surface area (Å²) in [6.45, 7) is 8.83. The SMILES string of the molecule is CCC(CO)c1ccc2c(c1)nc(C(C)(C)C)n2C. The van der Waals surface area contributed by atoms with Gasteiger partial charge in [0.2, 0.25) is 0 Å². The Bertz CT molecular complexity index is 574. The third kappa shape index (κ3) is 2.52. The number of hydrogen-bond donors (Lipinski definition) is 1. The lowest BCUT2D eigenvalue weighted by molar-refractivity contribution is 0.262. The van der Waals surface area contributed by atoms with Crippen LogP contribution in [0.5, 0.6) is 0 Å². The summed E-state index contributed by atoms with van der Waals surface area (Å²) in [6, 6.07) is 6.35. The number of imidazole rings is 1. The van der Waals surface area contributed by atoms with Gasteiger partial charge in [0.05, 0.1) is 11.0 Å². The first-order valence-corrected chi connectivity index (χ1v) is 6.96. The molecular weight excluding hydrogens is 236 g/mol. The van der Waals surface area contributed by atoms with Crippen LogP contribution in [0.1, 0.15) is 51.4 Å². The van der Waals surface area contributed by atoms with Crippen LogP contribution in [0.2, 0.25) is 0 Å². The van der Waals surface area contributed by atoms with Crippen LogP contribution in [0, 0.1) is 0 Å². The molecule has 3 nitrogen and oxygen atoms in total. The number of aromatic nitrogens is 2. The highest BCUT2D eigenvalue weighted by Gasteiger charge is 2.21. The smallest absolute Gasteiger partial charge is 0.115 e. The predicted molar refractivity (Wildman–Crippen MR) is 79.5 cm³/mol. The molecule has 0 aliphatic carbocycles. The first-order chi connectivity index (χ1) is 8.88. The fraction of sp³-hybridized carbons (Fsp3) is 0.562. The van der Waals surface area contributed by atoms with E-state index in [-0.39, 0.29) is 17.9 Å². The second-order valence-corrected chi connectivity index (χ2v) is 6.28. The molecule has 0 spiro atoms. The van der Waals surface area contributed by atoms with Crippen molar-refractivity contribution in [3.63, 3.8) is 0 Å². The summed E-state index contributed by atoms with van der Waals surface area (Å²) in [7, 11) is 2.07. The first kappa shape index (κ1) is 14.1. The Kier molecular flexibility index (Phi) is 3.68. The van der Waals surface area contributed by atoms with Crippen LogP contribution in [0.4, 0.5) is 0 Å². The minimum atomic E-state index is 0.0368. The zero-order chi connectivity index (χ0) is 14.2. The van der Waals surface area contributed by atoms with Gasteiger partial charge < -0.3 is 9.67 Å². The molecule has 2 rings (SSSR count). The highest BCUT2D eigenvalue weighted by molar-refractivity contribution is 5.77. The molecule has 19 heavy (non-hydrogen) atoms. The molecule has 1 aromatic carbocycles. The van der Waals surface area contributed by atoms with Crippen molar-refractivity contribution in [1.82, 2.24) is 9.55 Å². The molecule has 1 unspecified atom stereocenters. The van der Waals surface area contributed by atoms with Crippen molar-refractivity contribution in [2.75, 3.05) is 6.61 Å². The van der Waals surface area contributed by atoms with Gasteiger partial charge in [0.25, 0.3) is 0 Å². The van der Waals surface area contributed by atoms with E-state index in [4.69, 9.17) is 4.98 Å². The van der Waals surface area contributed by atoms with Crippen molar-refractivity contribution < 1.29 is 5.11 Å². The van der Waals surface area contributed by atoms with E-state index in [1.54, 1.807) is 0 Å². The number of rotatable bonds is 3. The Morgan fingerprint density at radius 1 is 1.32 bits per heavy atom. The van der Waals surface area contributed by atoms with Gasteiger partial charge in [-0.3, -0.25) is 0 Å². The van der Waals surface area contributed by atoms with E-state index in [1.165, 1.54) is 5.56 Å². The standard InChI is InChI=1S/C16H24N2O/c1-6-11(10-19)12-7-8-14-13(9-12)17-15(18(14)5)16(2,3)4/h7-9,11,19H,6,10H2,1-5H3. The third-order valence-corrected chi connectivity index (χ3v) is 3.76. The average Bonchev–Trinajstić information content (AvgIpc) is 2.68. The molecule has 0 saturated heterocycles. The number of aryl methyl sites for hydroxylation is 1. The summed E-state index contributed by atoms with van der Waals surface area (Å²) in [5.74, 6) is 1.31. The van der Waals surface area contributed by atoms with Gasteiger partial charge in [-0.2, -0.15) is 0 Å². The van der Waals surface area contributed by atoms with Crippen LogP contribution in [-0.2, 0) is 12.5 Å². The van der Waals surface area contributed by atoms with Crippen molar-refractivity contribution in [3.8, 4) is 0 Å². The molecule has 0 saturated carbocycles. The predicted octanol–water partition coefficient (Wildman–Crippen LogP) is 3.36. The summed E-state index contributed by atoms with van der Waals surface area (Å²) < 4.78 is 2.17. The van der Waals surface area contributed by atoms with Crippen molar-refractivity contribution in [1.29, 1.82) is 0 Å². The Morgan fingerprint density at radius 2 is 2.00 bits per heavy atom. The van der Waals surface area contributed by atoms with Gasteiger partial charge >= 0.3 is 0 Å². The molecule has 0 aliphatic heterocycles. The van der Waals surface area contributed by atoms with Crippen LogP contribution in [0.25, 0.3) is 11.0 Å². The van der Waals surface area contributed by atoms with Crippen molar-refractivity contribution >= 4 is 11.0 Å². The van der Waals surface area contributed by atoms with Gasteiger partial charge in [-0.05, 0) is 24.1 Å². The van der Waals surface area contributed by atoms with Crippen molar-refractivity contribution in [2.45, 2.75) is 45.4 Å². The van der Waals surface area contributed by atoms with E-state index in [0.29, 0.717) is 0 Å². The molecular formula is C16H24N2O. The first-order valence-electron chi connectivity index (χ1n) is 6.96. The average molecular weight is 260 g/mol. The molecule has 0 bridgehead atoms. The zero-order valence-electron chi connectivity index (χ0n) is 12.6. The maximum Gasteiger partial charge on any atom is 0.115 e. The number of fused-ring (bicyclic) bond motifs is 1. The van der Waals surface area contributed by atoms with Crippen LogP contribution in [0.3, 0.4) is 0 Å². The number of aliphatic hydroxyl groups excluding tert-OH is 1. The maximum absolute atomic E-state index is 9.41. The summed E-state index contributed by atoms with van der Waals surface area (Å²) in [6.07, 6.45) is 0.945. The van der Waals surface area contributed by atoms with E-state index in [0.717, 1.165) is 23.3 Å². The number of nitrogens with zero attached hydrogens (tertiary/aromatic N) is 2. The van der Waals surface area contributed by atoms with Gasteiger partial charge in [0.1, 0.15) is 5.82 Å². The van der Waals surface area contributed by atoms with E-state index in [1.807, 2.05) is 0 Å². The van der Waals surface area contributed by atoms with Crippen LogP contribution in [0.15, 0.2) is 18.2 Å². The lowest BCUT2D eigenvalue weighted by Crippen LogP contribution is -2.17. The van der Waals surface area contributed by atoms with Gasteiger partial charge in [-0.15, -0.1) is 0 Å². The molecule has 0 radical (unpaired) electrons. The number of hydrogen-bond acceptors (Lipinski definition) is 2. The molecule has 2 aromatic rings. The Balaban J connectivity index is 2.56. The fourth-order valence-electron chi connectivity index (χ4n) is 2.61. The van der Waals surface area contributed by atoms with E-state index >= 15 is 0 Å². The second-order valence-electron chi connectivity index (χ2n) is 6.28. The summed E-state index contributed by atoms with van der Waals surface area (Å²) >= 11 is 0. The zero-order valence-corrected chi connectivity index (χ0v) is 12.6. The van der Waals surface area contributed by atoms with Crippen LogP contribution in [-0.4, -0.2) is 21.3 Å². The molecule has 1 atom stereocenters. The molecule has 0 fully saturated rings. The Labute approximate surface area is 115 Å². The minimum Gasteiger partial charge on any atom is -0.396 e. The Morgan fingerprint density at radius 3 is 2.53 bits per heavy atom. The number of benzene rings is 1. The Hall–Kier alpha value is -1.35. The van der Waals surface area contributed by atoms with Crippen molar-refractivity contribution in [3.05, 3.63) is 29.6 Å². The number of aliphatic hydroxyl groups is 1. The summed E-state index contributed by atoms with van der Waals surface area (Å²) in [5, 5.41) is 9.41. The maximum atomic E-state index is 9.41. The lowest BCUT2D eigenvalue weighted by Gasteiger charge is -2.17. The molecule has 104 valence electrons. The molecule has 1 N–H and O–H groups in total. The minimum absolute atomic E-state index is 0.0368. The monoisotopic (exact) mass is 260 g/mol.